The zero-order valence-corrected chi connectivity index (χ0v) is 16.0. The zero-order chi connectivity index (χ0) is 10.7. The Kier molecular flexibility index (Phi) is 8.59. The van der Waals surface area contributed by atoms with E-state index in [2.05, 4.69) is 26.0 Å². The van der Waals surface area contributed by atoms with Crippen molar-refractivity contribution >= 4 is 11.8 Å². The minimum absolute atomic E-state index is 0. The molecule has 0 heterocycles. The van der Waals surface area contributed by atoms with Crippen molar-refractivity contribution in [3.63, 3.8) is 0 Å². The fraction of sp³-hybridized carbons (Fsp3) is 0. The maximum absolute atomic E-state index is 4.01. The molecule has 17 heavy (non-hydrogen) atoms. The average molecular weight is 485 g/mol. The summed E-state index contributed by atoms with van der Waals surface area (Å²) in [6.45, 7) is 8.01. The molecule has 3 heteroatoms. The topological polar surface area (TPSA) is 0 Å². The molecule has 0 unspecified atom stereocenters. The van der Waals surface area contributed by atoms with Gasteiger partial charge in [0.2, 0.25) is 0 Å². The Bertz CT molecular complexity index is 428. The number of rotatable bonds is 2. The molecule has 0 amide bonds. The van der Waals surface area contributed by atoms with Gasteiger partial charge >= 0.3 is 0 Å². The third-order valence-electron chi connectivity index (χ3n) is 2.17. The predicted molar refractivity (Wildman–Crippen MR) is 65.9 cm³/mol. The Balaban J connectivity index is 0.00000128. The molecule has 0 spiro atoms. The van der Waals surface area contributed by atoms with Crippen LogP contribution in [0, 0.1) is 13.8 Å². The standard InChI is InChI=1S/C14H12S.W.Y/c1-11-7-3-5-9-13(11)15-14-10-6-4-8-12(14)2;;/h3-10H,1-2H2;;/q-2;;. The van der Waals surface area contributed by atoms with E-state index < -0.39 is 0 Å². The van der Waals surface area contributed by atoms with Gasteiger partial charge in [0.1, 0.15) is 0 Å². The quantitative estimate of drug-likeness (QED) is 0.576. The molecule has 0 aromatic heterocycles. The molecule has 0 atom stereocenters. The Labute approximate surface area is 147 Å². The molecular weight excluding hydrogens is 473 g/mol. The van der Waals surface area contributed by atoms with Crippen LogP contribution in [0.15, 0.2) is 58.3 Å². The minimum atomic E-state index is 0. The van der Waals surface area contributed by atoms with Crippen LogP contribution in [0.4, 0.5) is 0 Å². The fourth-order valence-electron chi connectivity index (χ4n) is 1.33. The third kappa shape index (κ3) is 4.83. The molecule has 0 N–H and O–H groups in total. The van der Waals surface area contributed by atoms with E-state index in [1.54, 1.807) is 11.8 Å². The van der Waals surface area contributed by atoms with E-state index in [0.29, 0.717) is 0 Å². The first-order valence-electron chi connectivity index (χ1n) is 4.77. The molecule has 0 aliphatic rings. The van der Waals surface area contributed by atoms with Crippen molar-refractivity contribution in [3.05, 3.63) is 73.5 Å². The summed E-state index contributed by atoms with van der Waals surface area (Å²) in [7, 11) is 0. The minimum Gasteiger partial charge on any atom is -0.228 e. The van der Waals surface area contributed by atoms with Crippen LogP contribution >= 0.6 is 11.8 Å². The average Bonchev–Trinajstić information content (AvgIpc) is 2.24. The van der Waals surface area contributed by atoms with Gasteiger partial charge in [-0.05, 0) is 0 Å². The van der Waals surface area contributed by atoms with Crippen molar-refractivity contribution in [2.24, 2.45) is 0 Å². The molecule has 0 aliphatic carbocycles. The van der Waals surface area contributed by atoms with Gasteiger partial charge in [0.05, 0.1) is 0 Å². The molecule has 0 bridgehead atoms. The van der Waals surface area contributed by atoms with Crippen LogP contribution in [0.25, 0.3) is 0 Å². The molecule has 0 fully saturated rings. The molecule has 2 aromatic rings. The van der Waals surface area contributed by atoms with Gasteiger partial charge in [0.15, 0.2) is 0 Å². The number of hydrogen-bond acceptors (Lipinski definition) is 1. The Hall–Kier alpha value is 0.322. The summed E-state index contributed by atoms with van der Waals surface area (Å²) in [5.41, 5.74) is 2.12. The zero-order valence-electron chi connectivity index (χ0n) is 9.43. The van der Waals surface area contributed by atoms with Crippen molar-refractivity contribution in [2.45, 2.75) is 9.79 Å². The van der Waals surface area contributed by atoms with Crippen LogP contribution in [-0.4, -0.2) is 0 Å². The smallest absolute Gasteiger partial charge is 0 e. The SMILES string of the molecule is [CH2-]c1ccccc1Sc1ccccc1[CH2-].[W].[Y]. The van der Waals surface area contributed by atoms with Gasteiger partial charge in [-0.15, -0.1) is 34.1 Å². The van der Waals surface area contributed by atoms with E-state index in [1.807, 2.05) is 36.4 Å². The van der Waals surface area contributed by atoms with Crippen molar-refractivity contribution < 1.29 is 53.8 Å². The molecular formula is C14H12SWY-2. The van der Waals surface area contributed by atoms with Crippen LogP contribution in [0.5, 0.6) is 0 Å². The first-order valence-corrected chi connectivity index (χ1v) is 5.59. The molecule has 1 radical (unpaired) electrons. The van der Waals surface area contributed by atoms with Crippen molar-refractivity contribution in [1.82, 2.24) is 0 Å². The van der Waals surface area contributed by atoms with Gasteiger partial charge in [-0.2, -0.15) is 37.1 Å². The van der Waals surface area contributed by atoms with Gasteiger partial charge < -0.3 is 0 Å². The molecule has 0 saturated carbocycles. The summed E-state index contributed by atoms with van der Waals surface area (Å²) >= 11 is 1.72. The van der Waals surface area contributed by atoms with Crippen LogP contribution in [0.2, 0.25) is 0 Å². The van der Waals surface area contributed by atoms with Crippen LogP contribution in [-0.2, 0) is 53.8 Å². The Morgan fingerprint density at radius 1 is 0.706 bits per heavy atom. The summed E-state index contributed by atoms with van der Waals surface area (Å²) in [6.07, 6.45) is 0. The van der Waals surface area contributed by atoms with Gasteiger partial charge in [0.25, 0.3) is 0 Å². The third-order valence-corrected chi connectivity index (χ3v) is 3.40. The van der Waals surface area contributed by atoms with Crippen molar-refractivity contribution in [1.29, 1.82) is 0 Å². The second-order valence-electron chi connectivity index (χ2n) is 3.32. The second-order valence-corrected chi connectivity index (χ2v) is 4.40. The Morgan fingerprint density at radius 3 is 1.41 bits per heavy atom. The molecule has 2 aromatic carbocycles. The summed E-state index contributed by atoms with van der Waals surface area (Å²) in [5.74, 6) is 0. The molecule has 2 rings (SSSR count). The molecule has 0 aliphatic heterocycles. The van der Waals surface area contributed by atoms with E-state index in [1.165, 1.54) is 9.79 Å². The summed E-state index contributed by atoms with van der Waals surface area (Å²) in [4.78, 5) is 2.38. The van der Waals surface area contributed by atoms with E-state index >= 15 is 0 Å². The predicted octanol–water partition coefficient (Wildman–Crippen LogP) is 4.20. The maximum Gasteiger partial charge on any atom is 0 e. The van der Waals surface area contributed by atoms with Crippen LogP contribution in [0.3, 0.4) is 0 Å². The molecule has 0 saturated heterocycles. The van der Waals surface area contributed by atoms with E-state index in [0.717, 1.165) is 11.1 Å². The second kappa shape index (κ2) is 8.43. The number of benzene rings is 2. The van der Waals surface area contributed by atoms with Crippen molar-refractivity contribution in [3.8, 4) is 0 Å². The van der Waals surface area contributed by atoms with Gasteiger partial charge in [0, 0.05) is 53.8 Å². The molecule has 0 nitrogen and oxygen atoms in total. The first kappa shape index (κ1) is 17.3. The van der Waals surface area contributed by atoms with E-state index in [9.17, 15) is 0 Å². The van der Waals surface area contributed by atoms with Crippen LogP contribution in [0.1, 0.15) is 11.1 Å². The monoisotopic (exact) mass is 485 g/mol. The van der Waals surface area contributed by atoms with E-state index in [-0.39, 0.29) is 53.8 Å². The Morgan fingerprint density at radius 2 is 1.06 bits per heavy atom. The van der Waals surface area contributed by atoms with Crippen LogP contribution < -0.4 is 0 Å². The van der Waals surface area contributed by atoms with E-state index in [4.69, 9.17) is 0 Å². The fourth-order valence-corrected chi connectivity index (χ4v) is 2.25. The first-order chi connectivity index (χ1) is 7.27. The van der Waals surface area contributed by atoms with Gasteiger partial charge in [-0.25, -0.2) is 11.8 Å². The van der Waals surface area contributed by atoms with Gasteiger partial charge in [-0.1, -0.05) is 12.1 Å². The van der Waals surface area contributed by atoms with Crippen molar-refractivity contribution in [2.75, 3.05) is 0 Å². The molecule has 85 valence electrons. The number of hydrogen-bond donors (Lipinski definition) is 0. The summed E-state index contributed by atoms with van der Waals surface area (Å²) in [6, 6.07) is 16.3. The van der Waals surface area contributed by atoms with Gasteiger partial charge in [-0.3, -0.25) is 0 Å². The maximum atomic E-state index is 4.01. The summed E-state index contributed by atoms with van der Waals surface area (Å²) in [5, 5.41) is 0. The normalized spacial score (nSPS) is 8.94. The largest absolute Gasteiger partial charge is 0.228 e. The summed E-state index contributed by atoms with van der Waals surface area (Å²) < 4.78 is 0.